The molecule has 1 aliphatic rings. The van der Waals surface area contributed by atoms with Gasteiger partial charge in [-0.15, -0.1) is 0 Å². The number of hydrogen-bond acceptors (Lipinski definition) is 9. The van der Waals surface area contributed by atoms with E-state index in [2.05, 4.69) is 0 Å². The van der Waals surface area contributed by atoms with Crippen LogP contribution in [0.15, 0.2) is 0 Å². The Bertz CT molecular complexity index is 592. The molecule has 1 aliphatic heterocycles. The molecule has 27 heavy (non-hydrogen) atoms. The standard InChI is InChI=1S/C15H19ClF2O9/c1-6(19)23-5-10-11(24-7(2)20)12(25-8(3)21)13(26-9(4)22)14(27-10)15(16,17)18/h10-14H,5H2,1-4H3/t10-,11-,12+,13-,14+/m1/s1. The Kier molecular flexibility index (Phi) is 7.90. The summed E-state index contributed by atoms with van der Waals surface area (Å²) in [6, 6.07) is 0. The SMILES string of the molecule is CC(=O)OC[C@H]1O[C@H](C(F)(F)Cl)[C@H](OC(C)=O)[C@@H](OC(C)=O)[C@@H]1OC(C)=O. The Hall–Kier alpha value is -2.01. The van der Waals surface area contributed by atoms with Gasteiger partial charge in [0.1, 0.15) is 12.7 Å². The van der Waals surface area contributed by atoms with Crippen molar-refractivity contribution in [1.82, 2.24) is 0 Å². The average Bonchev–Trinajstić information content (AvgIpc) is 2.46. The first-order valence-electron chi connectivity index (χ1n) is 7.70. The summed E-state index contributed by atoms with van der Waals surface area (Å²) in [5.74, 6) is -3.56. The Balaban J connectivity index is 3.36. The maximum absolute atomic E-state index is 13.9. The van der Waals surface area contributed by atoms with Crippen molar-refractivity contribution >= 4 is 35.5 Å². The molecule has 0 aromatic rings. The van der Waals surface area contributed by atoms with E-state index in [1.807, 2.05) is 0 Å². The predicted molar refractivity (Wildman–Crippen MR) is 82.8 cm³/mol. The van der Waals surface area contributed by atoms with Gasteiger partial charge in [0, 0.05) is 27.7 Å². The number of hydrogen-bond donors (Lipinski definition) is 0. The summed E-state index contributed by atoms with van der Waals surface area (Å²) in [6.45, 7) is 3.36. The van der Waals surface area contributed by atoms with Crippen molar-refractivity contribution in [3.05, 3.63) is 0 Å². The number of rotatable bonds is 6. The van der Waals surface area contributed by atoms with E-state index in [1.165, 1.54) is 0 Å². The van der Waals surface area contributed by atoms with Gasteiger partial charge in [0.05, 0.1) is 0 Å². The molecular weight excluding hydrogens is 398 g/mol. The maximum atomic E-state index is 13.9. The minimum Gasteiger partial charge on any atom is -0.463 e. The summed E-state index contributed by atoms with van der Waals surface area (Å²) in [4.78, 5) is 45.3. The molecule has 0 bridgehead atoms. The Morgan fingerprint density at radius 2 is 1.30 bits per heavy atom. The van der Waals surface area contributed by atoms with Gasteiger partial charge < -0.3 is 23.7 Å². The van der Waals surface area contributed by atoms with Gasteiger partial charge in [0.15, 0.2) is 24.4 Å². The predicted octanol–water partition coefficient (Wildman–Crippen LogP) is 0.944. The van der Waals surface area contributed by atoms with Crippen LogP contribution in [-0.2, 0) is 42.9 Å². The molecule has 154 valence electrons. The smallest absolute Gasteiger partial charge is 0.351 e. The molecule has 1 heterocycles. The van der Waals surface area contributed by atoms with Gasteiger partial charge in [0.25, 0.3) is 0 Å². The number of carbonyl (C=O) groups is 4. The molecule has 0 saturated carbocycles. The topological polar surface area (TPSA) is 114 Å². The lowest BCUT2D eigenvalue weighted by Gasteiger charge is -2.45. The minimum absolute atomic E-state index is 0.610. The zero-order valence-electron chi connectivity index (χ0n) is 14.9. The van der Waals surface area contributed by atoms with Crippen molar-refractivity contribution in [2.45, 2.75) is 63.6 Å². The van der Waals surface area contributed by atoms with Crippen LogP contribution in [0.25, 0.3) is 0 Å². The fourth-order valence-electron chi connectivity index (χ4n) is 2.49. The Morgan fingerprint density at radius 1 is 0.852 bits per heavy atom. The highest BCUT2D eigenvalue weighted by atomic mass is 35.5. The molecule has 9 nitrogen and oxygen atoms in total. The minimum atomic E-state index is -4.06. The number of alkyl halides is 3. The monoisotopic (exact) mass is 416 g/mol. The number of esters is 4. The summed E-state index contributed by atoms with van der Waals surface area (Å²) in [5.41, 5.74) is 0. The lowest BCUT2D eigenvalue weighted by Crippen LogP contribution is -2.65. The van der Waals surface area contributed by atoms with Crippen LogP contribution in [0.1, 0.15) is 27.7 Å². The largest absolute Gasteiger partial charge is 0.463 e. The van der Waals surface area contributed by atoms with E-state index in [-0.39, 0.29) is 0 Å². The quantitative estimate of drug-likeness (QED) is 0.354. The van der Waals surface area contributed by atoms with Gasteiger partial charge in [-0.25, -0.2) is 0 Å². The molecular formula is C15H19ClF2O9. The van der Waals surface area contributed by atoms with Crippen molar-refractivity contribution in [3.63, 3.8) is 0 Å². The van der Waals surface area contributed by atoms with E-state index in [0.29, 0.717) is 0 Å². The van der Waals surface area contributed by atoms with Crippen LogP contribution in [0.5, 0.6) is 0 Å². The molecule has 0 aromatic heterocycles. The molecule has 1 fully saturated rings. The van der Waals surface area contributed by atoms with Gasteiger partial charge in [-0.2, -0.15) is 8.78 Å². The molecule has 5 atom stereocenters. The summed E-state index contributed by atoms with van der Waals surface area (Å²) in [6.07, 6.45) is -8.83. The van der Waals surface area contributed by atoms with Crippen molar-refractivity contribution in [2.24, 2.45) is 0 Å². The van der Waals surface area contributed by atoms with E-state index in [4.69, 9.17) is 35.3 Å². The number of halogens is 3. The van der Waals surface area contributed by atoms with E-state index in [1.54, 1.807) is 0 Å². The lowest BCUT2D eigenvalue weighted by molar-refractivity contribution is -0.276. The fourth-order valence-corrected chi connectivity index (χ4v) is 2.67. The maximum Gasteiger partial charge on any atom is 0.351 e. The second-order valence-corrected chi connectivity index (χ2v) is 6.17. The third-order valence-electron chi connectivity index (χ3n) is 3.31. The van der Waals surface area contributed by atoms with Crippen LogP contribution in [0, 0.1) is 0 Å². The molecule has 0 radical (unpaired) electrons. The Morgan fingerprint density at radius 3 is 1.70 bits per heavy atom. The number of ether oxygens (including phenoxy) is 5. The molecule has 0 N–H and O–H groups in total. The van der Waals surface area contributed by atoms with Crippen molar-refractivity contribution in [3.8, 4) is 0 Å². The zero-order valence-corrected chi connectivity index (χ0v) is 15.7. The fraction of sp³-hybridized carbons (Fsp3) is 0.733. The van der Waals surface area contributed by atoms with Gasteiger partial charge in [-0.05, 0) is 11.6 Å². The summed E-state index contributed by atoms with van der Waals surface area (Å²) in [5, 5.41) is -4.06. The molecule has 1 saturated heterocycles. The van der Waals surface area contributed by atoms with Crippen LogP contribution in [-0.4, -0.2) is 66.4 Å². The second kappa shape index (κ2) is 9.27. The number of carbonyl (C=O) groups excluding carboxylic acids is 4. The third-order valence-corrected chi connectivity index (χ3v) is 3.53. The summed E-state index contributed by atoms with van der Waals surface area (Å²) in [7, 11) is 0. The van der Waals surface area contributed by atoms with E-state index in [9.17, 15) is 28.0 Å². The van der Waals surface area contributed by atoms with E-state index in [0.717, 1.165) is 27.7 Å². The first kappa shape index (κ1) is 23.0. The second-order valence-electron chi connectivity index (χ2n) is 5.66. The molecule has 0 spiro atoms. The highest BCUT2D eigenvalue weighted by Gasteiger charge is 2.59. The van der Waals surface area contributed by atoms with Crippen LogP contribution in [0.2, 0.25) is 0 Å². The first-order valence-corrected chi connectivity index (χ1v) is 8.08. The van der Waals surface area contributed by atoms with E-state index < -0.39 is 66.4 Å². The van der Waals surface area contributed by atoms with Crippen LogP contribution >= 0.6 is 11.6 Å². The molecule has 12 heteroatoms. The molecule has 0 aromatic carbocycles. The van der Waals surface area contributed by atoms with Crippen molar-refractivity contribution in [1.29, 1.82) is 0 Å². The lowest BCUT2D eigenvalue weighted by atomic mass is 9.94. The highest BCUT2D eigenvalue weighted by Crippen LogP contribution is 2.38. The van der Waals surface area contributed by atoms with Gasteiger partial charge >= 0.3 is 29.3 Å². The third kappa shape index (κ3) is 6.90. The normalized spacial score (nSPS) is 28.0. The van der Waals surface area contributed by atoms with Gasteiger partial charge in [-0.1, -0.05) is 0 Å². The van der Waals surface area contributed by atoms with Gasteiger partial charge in [0.2, 0.25) is 0 Å². The van der Waals surface area contributed by atoms with Crippen molar-refractivity contribution in [2.75, 3.05) is 6.61 Å². The first-order chi connectivity index (χ1) is 12.3. The van der Waals surface area contributed by atoms with Crippen molar-refractivity contribution < 1.29 is 51.6 Å². The molecule has 0 aliphatic carbocycles. The summed E-state index contributed by atoms with van der Waals surface area (Å²) < 4.78 is 52.4. The van der Waals surface area contributed by atoms with Crippen LogP contribution in [0.3, 0.4) is 0 Å². The average molecular weight is 417 g/mol. The molecule has 0 unspecified atom stereocenters. The van der Waals surface area contributed by atoms with Crippen LogP contribution in [0.4, 0.5) is 8.78 Å². The zero-order chi connectivity index (χ0) is 20.9. The summed E-state index contributed by atoms with van der Waals surface area (Å²) >= 11 is 5.07. The molecule has 0 amide bonds. The van der Waals surface area contributed by atoms with Crippen LogP contribution < -0.4 is 0 Å². The Labute approximate surface area is 158 Å². The van der Waals surface area contributed by atoms with Gasteiger partial charge in [-0.3, -0.25) is 19.2 Å². The highest BCUT2D eigenvalue weighted by molar-refractivity contribution is 6.22. The van der Waals surface area contributed by atoms with E-state index >= 15 is 0 Å². The molecule has 1 rings (SSSR count).